The van der Waals surface area contributed by atoms with E-state index in [2.05, 4.69) is 20.5 Å². The van der Waals surface area contributed by atoms with Gasteiger partial charge < -0.3 is 10.6 Å². The number of amides is 2. The van der Waals surface area contributed by atoms with E-state index in [-0.39, 0.29) is 29.4 Å². The van der Waals surface area contributed by atoms with Gasteiger partial charge in [0.1, 0.15) is 11.8 Å². The monoisotopic (exact) mass is 418 g/mol. The van der Waals surface area contributed by atoms with Crippen LogP contribution in [0.2, 0.25) is 0 Å². The Hall–Kier alpha value is -3.32. The second-order valence-electron chi connectivity index (χ2n) is 8.18. The van der Waals surface area contributed by atoms with Crippen LogP contribution < -0.4 is 10.6 Å². The number of urea groups is 1. The molecule has 1 aliphatic heterocycles. The fourth-order valence-electron chi connectivity index (χ4n) is 4.07. The number of benzene rings is 2. The molecular formula is C24H26N4O3. The maximum Gasteiger partial charge on any atom is 0.319 e. The molecule has 2 N–H and O–H groups in total. The van der Waals surface area contributed by atoms with E-state index in [0.717, 1.165) is 25.9 Å². The second kappa shape index (κ2) is 8.81. The van der Waals surface area contributed by atoms with Crippen LogP contribution in [0, 0.1) is 0 Å². The zero-order valence-electron chi connectivity index (χ0n) is 17.7. The topological polar surface area (TPSA) is 90.9 Å². The standard InChI is InChI=1S/C24H26N4O3/c1-15(2)25-24(31)27-17-11-9-16(10-12-17)26-20-21(28-13-5-6-14-28)23(30)19-8-4-3-7-18(19)22(20)29/h3-4,7-12,15,21H,5-6,13-14H2,1-2H3,(H2,25,27,31). The van der Waals surface area contributed by atoms with Gasteiger partial charge in [0.05, 0.1) is 5.69 Å². The summed E-state index contributed by atoms with van der Waals surface area (Å²) in [7, 11) is 0. The predicted octanol–water partition coefficient (Wildman–Crippen LogP) is 3.83. The maximum atomic E-state index is 13.3. The largest absolute Gasteiger partial charge is 0.336 e. The lowest BCUT2D eigenvalue weighted by atomic mass is 9.83. The summed E-state index contributed by atoms with van der Waals surface area (Å²) in [6.07, 6.45) is 2.01. The molecular weight excluding hydrogens is 392 g/mol. The number of anilines is 1. The van der Waals surface area contributed by atoms with Crippen molar-refractivity contribution in [3.63, 3.8) is 0 Å². The first-order chi connectivity index (χ1) is 14.9. The SMILES string of the molecule is CC(C)NC(=O)Nc1ccc(N=C2C(=O)c3ccccc3C(=O)C2N2CCCC2)cc1. The number of aliphatic imine (C=N–C) groups is 1. The van der Waals surface area contributed by atoms with Crippen molar-refractivity contribution in [2.24, 2.45) is 4.99 Å². The van der Waals surface area contributed by atoms with Crippen LogP contribution >= 0.6 is 0 Å². The van der Waals surface area contributed by atoms with E-state index in [1.807, 2.05) is 13.8 Å². The number of fused-ring (bicyclic) bond motifs is 1. The van der Waals surface area contributed by atoms with Gasteiger partial charge in [0.25, 0.3) is 0 Å². The summed E-state index contributed by atoms with van der Waals surface area (Å²) in [6, 6.07) is 13.0. The summed E-state index contributed by atoms with van der Waals surface area (Å²) >= 11 is 0. The summed E-state index contributed by atoms with van der Waals surface area (Å²) in [5.74, 6) is -0.273. The number of carbonyl (C=O) groups is 3. The van der Waals surface area contributed by atoms with E-state index < -0.39 is 6.04 Å². The molecule has 1 fully saturated rings. The molecule has 0 radical (unpaired) electrons. The molecule has 2 aromatic rings. The van der Waals surface area contributed by atoms with Crippen molar-refractivity contribution in [3.05, 3.63) is 59.7 Å². The summed E-state index contributed by atoms with van der Waals surface area (Å²) < 4.78 is 0. The van der Waals surface area contributed by atoms with E-state index in [1.165, 1.54) is 0 Å². The molecule has 1 heterocycles. The van der Waals surface area contributed by atoms with Gasteiger partial charge in [0.15, 0.2) is 5.78 Å². The third-order valence-electron chi connectivity index (χ3n) is 5.48. The van der Waals surface area contributed by atoms with Crippen LogP contribution in [0.1, 0.15) is 47.4 Å². The molecule has 4 rings (SSSR count). The first-order valence-corrected chi connectivity index (χ1v) is 10.6. The maximum absolute atomic E-state index is 13.3. The Morgan fingerprint density at radius 3 is 2.29 bits per heavy atom. The van der Waals surface area contributed by atoms with E-state index in [1.54, 1.807) is 48.5 Å². The van der Waals surface area contributed by atoms with E-state index in [4.69, 9.17) is 0 Å². The van der Waals surface area contributed by atoms with Crippen molar-refractivity contribution in [2.75, 3.05) is 18.4 Å². The minimum atomic E-state index is -0.653. The van der Waals surface area contributed by atoms with Crippen LogP contribution in [-0.2, 0) is 0 Å². The van der Waals surface area contributed by atoms with Gasteiger partial charge in [-0.15, -0.1) is 0 Å². The molecule has 7 heteroatoms. The van der Waals surface area contributed by atoms with Gasteiger partial charge in [-0.25, -0.2) is 9.79 Å². The second-order valence-corrected chi connectivity index (χ2v) is 8.18. The van der Waals surface area contributed by atoms with Crippen LogP contribution in [0.25, 0.3) is 0 Å². The molecule has 0 aromatic heterocycles. The lowest BCUT2D eigenvalue weighted by molar-refractivity contribution is 0.0873. The van der Waals surface area contributed by atoms with Crippen LogP contribution in [0.4, 0.5) is 16.2 Å². The third kappa shape index (κ3) is 4.41. The number of likely N-dealkylation sites (tertiary alicyclic amines) is 1. The van der Waals surface area contributed by atoms with Crippen molar-refractivity contribution in [2.45, 2.75) is 38.8 Å². The molecule has 160 valence electrons. The van der Waals surface area contributed by atoms with Crippen molar-refractivity contribution >= 4 is 34.7 Å². The molecule has 0 bridgehead atoms. The Bertz CT molecular complexity index is 1040. The Labute approximate surface area is 181 Å². The first kappa shape index (κ1) is 20.9. The lowest BCUT2D eigenvalue weighted by Gasteiger charge is -2.31. The van der Waals surface area contributed by atoms with Gasteiger partial charge in [-0.2, -0.15) is 0 Å². The number of rotatable bonds is 4. The Morgan fingerprint density at radius 2 is 1.65 bits per heavy atom. The van der Waals surface area contributed by atoms with Crippen LogP contribution in [-0.4, -0.2) is 53.4 Å². The zero-order chi connectivity index (χ0) is 22.0. The van der Waals surface area contributed by atoms with Gasteiger partial charge in [0.2, 0.25) is 5.78 Å². The lowest BCUT2D eigenvalue weighted by Crippen LogP contribution is -2.51. The minimum absolute atomic E-state index is 0.0333. The molecule has 2 amide bonds. The van der Waals surface area contributed by atoms with Gasteiger partial charge in [-0.05, 0) is 64.0 Å². The molecule has 7 nitrogen and oxygen atoms in total. The number of hydrogen-bond acceptors (Lipinski definition) is 5. The fourth-order valence-corrected chi connectivity index (χ4v) is 4.07. The fraction of sp³-hybridized carbons (Fsp3) is 0.333. The molecule has 0 saturated carbocycles. The number of nitrogens with one attached hydrogen (secondary N) is 2. The molecule has 2 aromatic carbocycles. The number of nitrogens with zero attached hydrogens (tertiary/aromatic N) is 2. The van der Waals surface area contributed by atoms with Gasteiger partial charge in [-0.3, -0.25) is 14.5 Å². The molecule has 1 unspecified atom stereocenters. The Balaban J connectivity index is 1.65. The molecule has 1 atom stereocenters. The normalized spacial score (nSPS) is 20.2. The van der Waals surface area contributed by atoms with E-state index >= 15 is 0 Å². The van der Waals surface area contributed by atoms with Crippen LogP contribution in [0.15, 0.2) is 53.5 Å². The smallest absolute Gasteiger partial charge is 0.319 e. The van der Waals surface area contributed by atoms with Gasteiger partial charge in [0, 0.05) is 22.9 Å². The summed E-state index contributed by atoms with van der Waals surface area (Å²) in [5.41, 5.74) is 2.33. The molecule has 2 aliphatic rings. The quantitative estimate of drug-likeness (QED) is 0.789. The third-order valence-corrected chi connectivity index (χ3v) is 5.48. The average molecular weight is 418 g/mol. The summed E-state index contributed by atoms with van der Waals surface area (Å²) in [4.78, 5) is 45.1. The predicted molar refractivity (Wildman–Crippen MR) is 121 cm³/mol. The van der Waals surface area contributed by atoms with Gasteiger partial charge in [-0.1, -0.05) is 24.3 Å². The van der Waals surface area contributed by atoms with Gasteiger partial charge >= 0.3 is 6.03 Å². The van der Waals surface area contributed by atoms with Crippen molar-refractivity contribution in [3.8, 4) is 0 Å². The number of hydrogen-bond donors (Lipinski definition) is 2. The van der Waals surface area contributed by atoms with E-state index in [0.29, 0.717) is 22.5 Å². The molecule has 1 aliphatic carbocycles. The van der Waals surface area contributed by atoms with Crippen LogP contribution in [0.3, 0.4) is 0 Å². The molecule has 31 heavy (non-hydrogen) atoms. The highest BCUT2D eigenvalue weighted by Crippen LogP contribution is 2.28. The first-order valence-electron chi connectivity index (χ1n) is 10.6. The highest BCUT2D eigenvalue weighted by atomic mass is 16.2. The highest BCUT2D eigenvalue weighted by molar-refractivity contribution is 6.55. The zero-order valence-corrected chi connectivity index (χ0v) is 17.7. The van der Waals surface area contributed by atoms with Crippen LogP contribution in [0.5, 0.6) is 0 Å². The number of Topliss-reactive ketones (excluding diaryl/α,β-unsaturated/α-hetero) is 2. The Morgan fingerprint density at radius 1 is 1.00 bits per heavy atom. The van der Waals surface area contributed by atoms with Crippen molar-refractivity contribution < 1.29 is 14.4 Å². The number of ketones is 2. The Kier molecular flexibility index (Phi) is 5.95. The molecule has 0 spiro atoms. The summed E-state index contributed by atoms with van der Waals surface area (Å²) in [6.45, 7) is 5.32. The average Bonchev–Trinajstić information content (AvgIpc) is 3.27. The van der Waals surface area contributed by atoms with Crippen molar-refractivity contribution in [1.29, 1.82) is 0 Å². The molecule has 1 saturated heterocycles. The van der Waals surface area contributed by atoms with Crippen molar-refractivity contribution in [1.82, 2.24) is 10.2 Å². The van der Waals surface area contributed by atoms with E-state index in [9.17, 15) is 14.4 Å². The number of carbonyl (C=O) groups excluding carboxylic acids is 3. The minimum Gasteiger partial charge on any atom is -0.336 e. The highest BCUT2D eigenvalue weighted by Gasteiger charge is 2.42. The summed E-state index contributed by atoms with van der Waals surface area (Å²) in [5, 5.41) is 5.52.